The van der Waals surface area contributed by atoms with Gasteiger partial charge in [-0.15, -0.1) is 0 Å². The summed E-state index contributed by atoms with van der Waals surface area (Å²) in [4.78, 5) is 22.6. The topological polar surface area (TPSA) is 92.4 Å². The van der Waals surface area contributed by atoms with Crippen molar-refractivity contribution < 1.29 is 14.7 Å². The van der Waals surface area contributed by atoms with E-state index in [1.807, 2.05) is 0 Å². The van der Waals surface area contributed by atoms with E-state index in [2.05, 4.69) is 5.32 Å². The Morgan fingerprint density at radius 2 is 1.73 bits per heavy atom. The number of nitrogens with one attached hydrogen (secondary N) is 1. The van der Waals surface area contributed by atoms with Crippen molar-refractivity contribution in [2.75, 3.05) is 0 Å². The van der Waals surface area contributed by atoms with Gasteiger partial charge < -0.3 is 16.2 Å². The highest BCUT2D eigenvalue weighted by molar-refractivity contribution is 5.91. The molecule has 0 aliphatic rings. The van der Waals surface area contributed by atoms with Crippen LogP contribution >= 0.6 is 0 Å². The molecule has 0 rings (SSSR count). The van der Waals surface area contributed by atoms with Crippen LogP contribution in [0.1, 0.15) is 40.5 Å². The Bertz CT molecular complexity index is 263. The van der Waals surface area contributed by atoms with Gasteiger partial charge >= 0.3 is 5.97 Å². The molecule has 0 aliphatic carbocycles. The van der Waals surface area contributed by atoms with Crippen molar-refractivity contribution in [1.82, 2.24) is 5.32 Å². The Labute approximate surface area is 90.0 Å². The fourth-order valence-electron chi connectivity index (χ4n) is 0.847. The number of hydrogen-bond acceptors (Lipinski definition) is 3. The van der Waals surface area contributed by atoms with Gasteiger partial charge in [-0.3, -0.25) is 4.79 Å². The molecular formula is C10H20N2O3. The second-order valence-corrected chi connectivity index (χ2v) is 4.22. The van der Waals surface area contributed by atoms with E-state index in [-0.39, 0.29) is 0 Å². The average Bonchev–Trinajstić information content (AvgIpc) is 2.17. The van der Waals surface area contributed by atoms with Crippen LogP contribution in [0.3, 0.4) is 0 Å². The van der Waals surface area contributed by atoms with Gasteiger partial charge in [-0.25, -0.2) is 4.79 Å². The largest absolute Gasteiger partial charge is 0.480 e. The summed E-state index contributed by atoms with van der Waals surface area (Å²) in [6, 6.07) is 0. The van der Waals surface area contributed by atoms with E-state index in [0.717, 1.165) is 0 Å². The van der Waals surface area contributed by atoms with Crippen LogP contribution in [0, 0.1) is 0 Å². The predicted octanol–water partition coefficient (Wildman–Crippen LogP) is 0.483. The molecule has 0 aromatic carbocycles. The highest BCUT2D eigenvalue weighted by Crippen LogP contribution is 2.13. The van der Waals surface area contributed by atoms with Gasteiger partial charge in [0.05, 0.1) is 5.54 Å². The van der Waals surface area contributed by atoms with Gasteiger partial charge in [0, 0.05) is 0 Å². The van der Waals surface area contributed by atoms with Crippen molar-refractivity contribution in [3.63, 3.8) is 0 Å². The highest BCUT2D eigenvalue weighted by atomic mass is 16.4. The van der Waals surface area contributed by atoms with Crippen LogP contribution < -0.4 is 11.1 Å². The lowest BCUT2D eigenvalue weighted by atomic mass is 9.94. The summed E-state index contributed by atoms with van der Waals surface area (Å²) < 4.78 is 0. The smallest absolute Gasteiger partial charge is 0.329 e. The number of carboxylic acid groups (broad SMARTS) is 1. The zero-order chi connectivity index (χ0) is 12.3. The average molecular weight is 216 g/mol. The molecule has 0 heterocycles. The van der Waals surface area contributed by atoms with Gasteiger partial charge in [-0.2, -0.15) is 0 Å². The van der Waals surface area contributed by atoms with Gasteiger partial charge in [-0.1, -0.05) is 13.8 Å². The molecular weight excluding hydrogens is 196 g/mol. The second-order valence-electron chi connectivity index (χ2n) is 4.22. The summed E-state index contributed by atoms with van der Waals surface area (Å²) >= 11 is 0. The summed E-state index contributed by atoms with van der Waals surface area (Å²) in [5.74, 6) is -1.48. The van der Waals surface area contributed by atoms with E-state index >= 15 is 0 Å². The monoisotopic (exact) mass is 216 g/mol. The van der Waals surface area contributed by atoms with Crippen LogP contribution in [0.15, 0.2) is 0 Å². The number of rotatable bonds is 5. The zero-order valence-electron chi connectivity index (χ0n) is 9.76. The Morgan fingerprint density at radius 3 is 2.00 bits per heavy atom. The third-order valence-corrected chi connectivity index (χ3v) is 2.82. The van der Waals surface area contributed by atoms with E-state index in [9.17, 15) is 9.59 Å². The molecule has 0 aliphatic heterocycles. The molecule has 0 radical (unpaired) electrons. The van der Waals surface area contributed by atoms with E-state index in [4.69, 9.17) is 10.8 Å². The van der Waals surface area contributed by atoms with Gasteiger partial charge in [0.25, 0.3) is 0 Å². The van der Waals surface area contributed by atoms with Crippen LogP contribution in [0.2, 0.25) is 0 Å². The molecule has 15 heavy (non-hydrogen) atoms. The van der Waals surface area contributed by atoms with Gasteiger partial charge in [0.15, 0.2) is 0 Å². The number of amides is 1. The minimum absolute atomic E-state index is 0.313. The van der Waals surface area contributed by atoms with E-state index in [0.29, 0.717) is 12.8 Å². The van der Waals surface area contributed by atoms with Gasteiger partial charge in [0.1, 0.15) is 5.54 Å². The maximum Gasteiger partial charge on any atom is 0.329 e. The number of nitrogens with two attached hydrogens (primary N) is 1. The van der Waals surface area contributed by atoms with Crippen molar-refractivity contribution in [2.45, 2.75) is 51.6 Å². The third-order valence-electron chi connectivity index (χ3n) is 2.82. The van der Waals surface area contributed by atoms with Crippen LogP contribution in [0.4, 0.5) is 0 Å². The minimum Gasteiger partial charge on any atom is -0.480 e. The molecule has 0 saturated heterocycles. The Hall–Kier alpha value is -1.10. The number of carbonyl (C=O) groups is 2. The maximum atomic E-state index is 11.7. The lowest BCUT2D eigenvalue weighted by Crippen LogP contribution is -2.60. The molecule has 0 aromatic heterocycles. The Balaban J connectivity index is 4.72. The molecule has 2 atom stereocenters. The molecule has 2 unspecified atom stereocenters. The molecule has 4 N–H and O–H groups in total. The zero-order valence-corrected chi connectivity index (χ0v) is 9.76. The van der Waals surface area contributed by atoms with E-state index in [1.54, 1.807) is 20.8 Å². The third kappa shape index (κ3) is 3.20. The minimum atomic E-state index is -1.24. The quantitative estimate of drug-likeness (QED) is 0.623. The second kappa shape index (κ2) is 4.61. The molecule has 0 saturated carbocycles. The van der Waals surface area contributed by atoms with Crippen molar-refractivity contribution >= 4 is 11.9 Å². The normalized spacial score (nSPS) is 18.7. The van der Waals surface area contributed by atoms with Crippen LogP contribution in [0.5, 0.6) is 0 Å². The SMILES string of the molecule is CCC(C)(N)C(=O)NC(C)(CC)C(=O)O. The maximum absolute atomic E-state index is 11.7. The predicted molar refractivity (Wildman–Crippen MR) is 57.4 cm³/mol. The highest BCUT2D eigenvalue weighted by Gasteiger charge is 2.37. The molecule has 0 spiro atoms. The number of aliphatic carboxylic acids is 1. The van der Waals surface area contributed by atoms with Crippen molar-refractivity contribution in [2.24, 2.45) is 5.73 Å². The first-order valence-electron chi connectivity index (χ1n) is 5.04. The molecule has 0 fully saturated rings. The van der Waals surface area contributed by atoms with Crippen LogP contribution in [0.25, 0.3) is 0 Å². The summed E-state index contributed by atoms with van der Waals surface area (Å²) in [6.45, 7) is 6.54. The standard InChI is InChI=1S/C10H20N2O3/c1-5-9(3,11)7(13)12-10(4,6-2)8(14)15/h5-6,11H2,1-4H3,(H,12,13)(H,14,15). The molecule has 5 heteroatoms. The number of carboxylic acids is 1. The van der Waals surface area contributed by atoms with Gasteiger partial charge in [-0.05, 0) is 26.7 Å². The molecule has 5 nitrogen and oxygen atoms in total. The number of hydrogen-bond donors (Lipinski definition) is 3. The fraction of sp³-hybridized carbons (Fsp3) is 0.800. The summed E-state index contributed by atoms with van der Waals surface area (Å²) in [6.07, 6.45) is 0.770. The lowest BCUT2D eigenvalue weighted by molar-refractivity contribution is -0.147. The first-order valence-corrected chi connectivity index (χ1v) is 5.04. The van der Waals surface area contributed by atoms with Crippen molar-refractivity contribution in [3.05, 3.63) is 0 Å². The fourth-order valence-corrected chi connectivity index (χ4v) is 0.847. The lowest BCUT2D eigenvalue weighted by Gasteiger charge is -2.30. The van der Waals surface area contributed by atoms with Gasteiger partial charge in [0.2, 0.25) is 5.91 Å². The van der Waals surface area contributed by atoms with Crippen molar-refractivity contribution in [3.8, 4) is 0 Å². The molecule has 0 aromatic rings. The first kappa shape index (κ1) is 13.9. The summed E-state index contributed by atoms with van der Waals surface area (Å²) in [5, 5.41) is 11.4. The molecule has 0 bridgehead atoms. The number of carbonyl (C=O) groups excluding carboxylic acids is 1. The van der Waals surface area contributed by atoms with E-state index < -0.39 is 23.0 Å². The summed E-state index contributed by atoms with van der Waals surface area (Å²) in [5.41, 5.74) is 3.45. The Morgan fingerprint density at radius 1 is 1.27 bits per heavy atom. The van der Waals surface area contributed by atoms with Crippen LogP contribution in [-0.2, 0) is 9.59 Å². The van der Waals surface area contributed by atoms with Crippen LogP contribution in [-0.4, -0.2) is 28.1 Å². The van der Waals surface area contributed by atoms with E-state index in [1.165, 1.54) is 6.92 Å². The first-order chi connectivity index (χ1) is 6.69. The summed E-state index contributed by atoms with van der Waals surface area (Å²) in [7, 11) is 0. The molecule has 1 amide bonds. The Kier molecular flexibility index (Phi) is 4.27. The van der Waals surface area contributed by atoms with Crippen molar-refractivity contribution in [1.29, 1.82) is 0 Å². The molecule has 88 valence electrons.